The van der Waals surface area contributed by atoms with Crippen LogP contribution in [0.1, 0.15) is 25.0 Å². The van der Waals surface area contributed by atoms with E-state index in [1.54, 1.807) is 0 Å². The van der Waals surface area contributed by atoms with Gasteiger partial charge in [0.05, 0.1) is 0 Å². The van der Waals surface area contributed by atoms with Crippen LogP contribution in [-0.4, -0.2) is 12.6 Å². The quantitative estimate of drug-likeness (QED) is 0.767. The fourth-order valence-electron chi connectivity index (χ4n) is 2.43. The van der Waals surface area contributed by atoms with E-state index in [1.165, 1.54) is 11.8 Å². The minimum Gasteiger partial charge on any atom is -0.461 e. The molecule has 2 heteroatoms. The molecule has 0 radical (unpaired) electrons. The van der Waals surface area contributed by atoms with Gasteiger partial charge in [0, 0.05) is 17.3 Å². The molecule has 2 unspecified atom stereocenters. The lowest BCUT2D eigenvalue weighted by Crippen LogP contribution is -2.21. The molecule has 0 spiro atoms. The molecule has 15 heavy (non-hydrogen) atoms. The zero-order chi connectivity index (χ0) is 10.3. The third-order valence-electron chi connectivity index (χ3n) is 3.34. The molecule has 1 saturated heterocycles. The second kappa shape index (κ2) is 3.38. The summed E-state index contributed by atoms with van der Waals surface area (Å²) < 4.78 is 5.88. The van der Waals surface area contributed by atoms with Crippen molar-refractivity contribution in [3.05, 3.63) is 36.1 Å². The van der Waals surface area contributed by atoms with Crippen LogP contribution in [0.2, 0.25) is 0 Å². The molecule has 2 aromatic rings. The predicted molar refractivity (Wildman–Crippen MR) is 61.0 cm³/mol. The van der Waals surface area contributed by atoms with Gasteiger partial charge in [0.15, 0.2) is 0 Å². The van der Waals surface area contributed by atoms with Gasteiger partial charge < -0.3 is 9.73 Å². The fourth-order valence-corrected chi connectivity index (χ4v) is 2.43. The van der Waals surface area contributed by atoms with Gasteiger partial charge in [0.25, 0.3) is 0 Å². The van der Waals surface area contributed by atoms with Gasteiger partial charge in [-0.3, -0.25) is 0 Å². The van der Waals surface area contributed by atoms with Crippen molar-refractivity contribution in [1.82, 2.24) is 5.32 Å². The van der Waals surface area contributed by atoms with E-state index in [9.17, 15) is 0 Å². The molecule has 2 nitrogen and oxygen atoms in total. The smallest absolute Gasteiger partial charge is 0.134 e. The van der Waals surface area contributed by atoms with Crippen LogP contribution >= 0.6 is 0 Å². The Morgan fingerprint density at radius 1 is 1.33 bits per heavy atom. The van der Waals surface area contributed by atoms with Crippen LogP contribution in [0.15, 0.2) is 34.7 Å². The second-order valence-electron chi connectivity index (χ2n) is 4.32. The maximum absolute atomic E-state index is 5.88. The summed E-state index contributed by atoms with van der Waals surface area (Å²) in [5, 5.41) is 4.67. The van der Waals surface area contributed by atoms with E-state index in [0.717, 1.165) is 17.9 Å². The Hall–Kier alpha value is -1.28. The standard InChI is InChI=1S/C13H15NO/c1-9-11(6-7-14-9)13-8-10-4-2-3-5-12(10)15-13/h2-5,8-9,11,14H,6-7H2,1H3. The summed E-state index contributed by atoms with van der Waals surface area (Å²) in [6.07, 6.45) is 1.18. The van der Waals surface area contributed by atoms with Gasteiger partial charge in [-0.15, -0.1) is 0 Å². The summed E-state index contributed by atoms with van der Waals surface area (Å²) in [5.41, 5.74) is 1.01. The monoisotopic (exact) mass is 201 g/mol. The van der Waals surface area contributed by atoms with Gasteiger partial charge in [-0.1, -0.05) is 18.2 Å². The number of furan rings is 1. The van der Waals surface area contributed by atoms with Crippen molar-refractivity contribution < 1.29 is 4.42 Å². The summed E-state index contributed by atoms with van der Waals surface area (Å²) in [6.45, 7) is 3.33. The lowest BCUT2D eigenvalue weighted by atomic mass is 9.99. The molecule has 1 aliphatic rings. The highest BCUT2D eigenvalue weighted by atomic mass is 16.3. The Kier molecular flexibility index (Phi) is 2.03. The molecule has 0 amide bonds. The van der Waals surface area contributed by atoms with E-state index >= 15 is 0 Å². The van der Waals surface area contributed by atoms with Gasteiger partial charge >= 0.3 is 0 Å². The van der Waals surface area contributed by atoms with Crippen molar-refractivity contribution in [3.8, 4) is 0 Å². The van der Waals surface area contributed by atoms with Crippen LogP contribution in [0.5, 0.6) is 0 Å². The Bertz CT molecular complexity index is 441. The highest BCUT2D eigenvalue weighted by molar-refractivity contribution is 5.77. The van der Waals surface area contributed by atoms with Gasteiger partial charge in [0.1, 0.15) is 11.3 Å². The van der Waals surface area contributed by atoms with Crippen molar-refractivity contribution in [1.29, 1.82) is 0 Å². The van der Waals surface area contributed by atoms with Crippen LogP contribution in [0.25, 0.3) is 11.0 Å². The second-order valence-corrected chi connectivity index (χ2v) is 4.32. The first-order valence-electron chi connectivity index (χ1n) is 5.56. The number of hydrogen-bond donors (Lipinski definition) is 1. The van der Waals surface area contributed by atoms with Crippen LogP contribution in [0.3, 0.4) is 0 Å². The number of fused-ring (bicyclic) bond motifs is 1. The van der Waals surface area contributed by atoms with Crippen molar-refractivity contribution in [2.75, 3.05) is 6.54 Å². The summed E-state index contributed by atoms with van der Waals surface area (Å²) in [6, 6.07) is 10.9. The zero-order valence-electron chi connectivity index (χ0n) is 8.86. The number of para-hydroxylation sites is 1. The Labute approximate surface area is 89.3 Å². The zero-order valence-corrected chi connectivity index (χ0v) is 8.86. The van der Waals surface area contributed by atoms with Crippen LogP contribution < -0.4 is 5.32 Å². The molecule has 1 N–H and O–H groups in total. The molecule has 0 saturated carbocycles. The third-order valence-corrected chi connectivity index (χ3v) is 3.34. The van der Waals surface area contributed by atoms with Gasteiger partial charge in [-0.05, 0) is 32.0 Å². The van der Waals surface area contributed by atoms with E-state index < -0.39 is 0 Å². The maximum atomic E-state index is 5.88. The third kappa shape index (κ3) is 1.45. The van der Waals surface area contributed by atoms with Crippen LogP contribution in [-0.2, 0) is 0 Å². The Morgan fingerprint density at radius 3 is 2.93 bits per heavy atom. The fraction of sp³-hybridized carbons (Fsp3) is 0.385. The Morgan fingerprint density at radius 2 is 2.20 bits per heavy atom. The van der Waals surface area contributed by atoms with Crippen molar-refractivity contribution >= 4 is 11.0 Å². The van der Waals surface area contributed by atoms with Crippen molar-refractivity contribution in [2.45, 2.75) is 25.3 Å². The average Bonchev–Trinajstić information content (AvgIpc) is 2.82. The number of nitrogens with one attached hydrogen (secondary N) is 1. The number of benzene rings is 1. The van der Waals surface area contributed by atoms with E-state index in [1.807, 2.05) is 12.1 Å². The molecule has 78 valence electrons. The van der Waals surface area contributed by atoms with E-state index in [2.05, 4.69) is 30.4 Å². The molecular formula is C13H15NO. The summed E-state index contributed by atoms with van der Waals surface area (Å²) in [5.74, 6) is 1.67. The average molecular weight is 201 g/mol. The van der Waals surface area contributed by atoms with Crippen LogP contribution in [0.4, 0.5) is 0 Å². The summed E-state index contributed by atoms with van der Waals surface area (Å²) >= 11 is 0. The predicted octanol–water partition coefficient (Wildman–Crippen LogP) is 2.90. The molecule has 3 rings (SSSR count). The summed E-state index contributed by atoms with van der Waals surface area (Å²) in [4.78, 5) is 0. The van der Waals surface area contributed by atoms with E-state index in [4.69, 9.17) is 4.42 Å². The highest BCUT2D eigenvalue weighted by Crippen LogP contribution is 2.31. The number of rotatable bonds is 1. The topological polar surface area (TPSA) is 25.2 Å². The molecule has 1 fully saturated rings. The van der Waals surface area contributed by atoms with Crippen molar-refractivity contribution in [2.24, 2.45) is 0 Å². The molecule has 1 aliphatic heterocycles. The van der Waals surface area contributed by atoms with Crippen LogP contribution in [0, 0.1) is 0 Å². The minimum atomic E-state index is 0.533. The SMILES string of the molecule is CC1NCCC1c1cc2ccccc2o1. The lowest BCUT2D eigenvalue weighted by Gasteiger charge is -2.11. The first-order chi connectivity index (χ1) is 7.34. The summed E-state index contributed by atoms with van der Waals surface area (Å²) in [7, 11) is 0. The largest absolute Gasteiger partial charge is 0.461 e. The molecular weight excluding hydrogens is 186 g/mol. The first kappa shape index (κ1) is 8.98. The molecule has 2 atom stereocenters. The molecule has 0 aliphatic carbocycles. The van der Waals surface area contributed by atoms with E-state index in [0.29, 0.717) is 12.0 Å². The van der Waals surface area contributed by atoms with Gasteiger partial charge in [-0.2, -0.15) is 0 Å². The first-order valence-corrected chi connectivity index (χ1v) is 5.56. The molecule has 0 bridgehead atoms. The van der Waals surface area contributed by atoms with Crippen molar-refractivity contribution in [3.63, 3.8) is 0 Å². The molecule has 1 aromatic heterocycles. The van der Waals surface area contributed by atoms with Gasteiger partial charge in [0.2, 0.25) is 0 Å². The van der Waals surface area contributed by atoms with E-state index in [-0.39, 0.29) is 0 Å². The lowest BCUT2D eigenvalue weighted by molar-refractivity contribution is 0.465. The number of hydrogen-bond acceptors (Lipinski definition) is 2. The minimum absolute atomic E-state index is 0.533. The highest BCUT2D eigenvalue weighted by Gasteiger charge is 2.27. The normalized spacial score (nSPS) is 26.2. The molecule has 1 aromatic carbocycles. The van der Waals surface area contributed by atoms with Gasteiger partial charge in [-0.25, -0.2) is 0 Å². The molecule has 2 heterocycles. The maximum Gasteiger partial charge on any atom is 0.134 e. The Balaban J connectivity index is 2.04.